The van der Waals surface area contributed by atoms with Gasteiger partial charge in [0.25, 0.3) is 0 Å². The Bertz CT molecular complexity index is 664. The summed E-state index contributed by atoms with van der Waals surface area (Å²) >= 11 is 0. The second kappa shape index (κ2) is 27.9. The Kier molecular flexibility index (Phi) is 27.2. The van der Waals surface area contributed by atoms with E-state index in [-0.39, 0.29) is 19.4 Å². The van der Waals surface area contributed by atoms with Crippen molar-refractivity contribution in [3.05, 3.63) is 0 Å². The molecule has 0 aliphatic rings. The molecule has 1 atom stereocenters. The third-order valence-electron chi connectivity index (χ3n) is 7.30. The minimum atomic E-state index is -4.73. The zero-order valence-corrected chi connectivity index (χ0v) is 27.5. The minimum Gasteiger partial charge on any atom is -0.462 e. The van der Waals surface area contributed by atoms with Crippen LogP contribution in [0, 0.1) is 5.92 Å². The smallest absolute Gasteiger partial charge is 0.462 e. The lowest BCUT2D eigenvalue weighted by Gasteiger charge is -2.18. The third-order valence-corrected chi connectivity index (χ3v) is 7.79. The summed E-state index contributed by atoms with van der Waals surface area (Å²) in [6, 6.07) is 0. The molecule has 0 aliphatic carbocycles. The summed E-state index contributed by atoms with van der Waals surface area (Å²) in [5.74, 6) is -0.0521. The molecule has 0 amide bonds. The number of carbonyl (C=O) groups excluding carboxylic acids is 2. The van der Waals surface area contributed by atoms with Crippen LogP contribution in [0.1, 0.15) is 168 Å². The Labute approximate surface area is 251 Å². The van der Waals surface area contributed by atoms with Crippen LogP contribution >= 0.6 is 7.82 Å². The first kappa shape index (κ1) is 40.1. The van der Waals surface area contributed by atoms with E-state index in [1.54, 1.807) is 0 Å². The van der Waals surface area contributed by atoms with E-state index in [1.807, 2.05) is 0 Å². The van der Waals surface area contributed by atoms with Crippen molar-refractivity contribution in [2.24, 2.45) is 5.92 Å². The summed E-state index contributed by atoms with van der Waals surface area (Å²) < 4.78 is 26.0. The summed E-state index contributed by atoms with van der Waals surface area (Å²) in [6.45, 7) is 5.91. The first-order chi connectivity index (χ1) is 19.6. The Hall–Kier alpha value is -0.950. The molecule has 0 aromatic rings. The summed E-state index contributed by atoms with van der Waals surface area (Å²) in [4.78, 5) is 42.1. The standard InChI is InChI=1S/C32H63O8P/c1-4-5-6-18-23-26-32(34)40-30(28-39-41(35,36)37)27-38-31(33)25-22-20-17-15-13-11-9-7-8-10-12-14-16-19-21-24-29(2)3/h29-30H,4-28H2,1-3H3,(H2,35,36,37)/t30-/m1/s1. The van der Waals surface area contributed by atoms with Crippen molar-refractivity contribution in [3.8, 4) is 0 Å². The molecule has 0 rings (SSSR count). The van der Waals surface area contributed by atoms with E-state index in [4.69, 9.17) is 19.3 Å². The topological polar surface area (TPSA) is 119 Å². The van der Waals surface area contributed by atoms with Gasteiger partial charge in [-0.15, -0.1) is 0 Å². The van der Waals surface area contributed by atoms with Crippen molar-refractivity contribution >= 4 is 19.8 Å². The molecule has 0 radical (unpaired) electrons. The number of esters is 2. The molecule has 0 bridgehead atoms. The molecule has 0 heterocycles. The lowest BCUT2D eigenvalue weighted by molar-refractivity contribution is -0.161. The number of carbonyl (C=O) groups is 2. The fraction of sp³-hybridized carbons (Fsp3) is 0.938. The molecule has 0 aliphatic heterocycles. The first-order valence-corrected chi connectivity index (χ1v) is 18.2. The van der Waals surface area contributed by atoms with Crippen LogP contribution in [0.25, 0.3) is 0 Å². The quantitative estimate of drug-likeness (QED) is 0.0472. The molecule has 0 aromatic heterocycles. The Morgan fingerprint density at radius 1 is 0.610 bits per heavy atom. The van der Waals surface area contributed by atoms with Gasteiger partial charge in [-0.2, -0.15) is 0 Å². The lowest BCUT2D eigenvalue weighted by Crippen LogP contribution is -2.29. The summed E-state index contributed by atoms with van der Waals surface area (Å²) in [7, 11) is -4.73. The zero-order valence-electron chi connectivity index (χ0n) is 26.6. The average Bonchev–Trinajstić information content (AvgIpc) is 2.91. The fourth-order valence-electron chi connectivity index (χ4n) is 4.79. The molecule has 8 nitrogen and oxygen atoms in total. The van der Waals surface area contributed by atoms with Gasteiger partial charge in [0.2, 0.25) is 0 Å². The number of unbranched alkanes of at least 4 members (excludes halogenated alkanes) is 18. The largest absolute Gasteiger partial charge is 0.469 e. The molecular formula is C32H63O8P. The maximum atomic E-state index is 12.1. The predicted molar refractivity (Wildman–Crippen MR) is 166 cm³/mol. The van der Waals surface area contributed by atoms with Gasteiger partial charge >= 0.3 is 19.8 Å². The minimum absolute atomic E-state index is 0.211. The lowest BCUT2D eigenvalue weighted by atomic mass is 10.0. The first-order valence-electron chi connectivity index (χ1n) is 16.7. The predicted octanol–water partition coefficient (Wildman–Crippen LogP) is 9.20. The molecule has 0 aromatic carbocycles. The number of phosphoric ester groups is 1. The van der Waals surface area contributed by atoms with E-state index < -0.39 is 32.5 Å². The molecule has 0 spiro atoms. The summed E-state index contributed by atoms with van der Waals surface area (Å²) in [6.07, 6.45) is 24.5. The molecule has 0 unspecified atom stereocenters. The highest BCUT2D eigenvalue weighted by Crippen LogP contribution is 2.36. The van der Waals surface area contributed by atoms with Crippen molar-refractivity contribution in [1.82, 2.24) is 0 Å². The van der Waals surface area contributed by atoms with Crippen LogP contribution in [-0.2, 0) is 28.2 Å². The Morgan fingerprint density at radius 2 is 1.02 bits per heavy atom. The van der Waals surface area contributed by atoms with Crippen LogP contribution in [-0.4, -0.2) is 41.0 Å². The molecule has 244 valence electrons. The fourth-order valence-corrected chi connectivity index (χ4v) is 5.15. The van der Waals surface area contributed by atoms with Crippen molar-refractivity contribution in [2.75, 3.05) is 13.2 Å². The summed E-state index contributed by atoms with van der Waals surface area (Å²) in [5.41, 5.74) is 0. The van der Waals surface area contributed by atoms with Crippen molar-refractivity contribution < 1.29 is 37.9 Å². The summed E-state index contributed by atoms with van der Waals surface area (Å²) in [5, 5.41) is 0. The van der Waals surface area contributed by atoms with Gasteiger partial charge in [-0.1, -0.05) is 143 Å². The number of ether oxygens (including phenoxy) is 2. The second-order valence-corrected chi connectivity index (χ2v) is 13.2. The highest BCUT2D eigenvalue weighted by molar-refractivity contribution is 7.46. The molecular weight excluding hydrogens is 543 g/mol. The van der Waals surface area contributed by atoms with Crippen molar-refractivity contribution in [3.63, 3.8) is 0 Å². The van der Waals surface area contributed by atoms with E-state index in [0.717, 1.165) is 50.9 Å². The Balaban J connectivity index is 3.79. The van der Waals surface area contributed by atoms with Gasteiger partial charge < -0.3 is 19.3 Å². The van der Waals surface area contributed by atoms with Gasteiger partial charge in [0.05, 0.1) is 6.61 Å². The normalized spacial score (nSPS) is 12.5. The second-order valence-electron chi connectivity index (χ2n) is 12.0. The van der Waals surface area contributed by atoms with Gasteiger partial charge in [0.15, 0.2) is 6.10 Å². The zero-order chi connectivity index (χ0) is 30.6. The van der Waals surface area contributed by atoms with Crippen LogP contribution in [0.2, 0.25) is 0 Å². The van der Waals surface area contributed by atoms with Gasteiger partial charge in [0, 0.05) is 12.8 Å². The molecule has 2 N–H and O–H groups in total. The van der Waals surface area contributed by atoms with Crippen LogP contribution in [0.5, 0.6) is 0 Å². The molecule has 0 saturated heterocycles. The van der Waals surface area contributed by atoms with Gasteiger partial charge in [-0.05, 0) is 18.8 Å². The maximum absolute atomic E-state index is 12.1. The molecule has 0 saturated carbocycles. The van der Waals surface area contributed by atoms with E-state index in [0.29, 0.717) is 6.42 Å². The average molecular weight is 607 g/mol. The van der Waals surface area contributed by atoms with Crippen LogP contribution in [0.3, 0.4) is 0 Å². The van der Waals surface area contributed by atoms with E-state index in [2.05, 4.69) is 25.3 Å². The van der Waals surface area contributed by atoms with Gasteiger partial charge in [-0.3, -0.25) is 14.1 Å². The van der Waals surface area contributed by atoms with Crippen LogP contribution in [0.15, 0.2) is 0 Å². The van der Waals surface area contributed by atoms with E-state index in [1.165, 1.54) is 83.5 Å². The molecule has 0 fully saturated rings. The number of phosphoric acid groups is 1. The number of hydrogen-bond acceptors (Lipinski definition) is 6. The third kappa shape index (κ3) is 31.8. The highest BCUT2D eigenvalue weighted by Gasteiger charge is 2.22. The monoisotopic (exact) mass is 606 g/mol. The number of hydrogen-bond donors (Lipinski definition) is 2. The molecule has 41 heavy (non-hydrogen) atoms. The van der Waals surface area contributed by atoms with Gasteiger partial charge in [0.1, 0.15) is 6.61 Å². The van der Waals surface area contributed by atoms with Crippen molar-refractivity contribution in [1.29, 1.82) is 0 Å². The molecule has 9 heteroatoms. The highest BCUT2D eigenvalue weighted by atomic mass is 31.2. The van der Waals surface area contributed by atoms with Crippen molar-refractivity contribution in [2.45, 2.75) is 175 Å². The number of rotatable bonds is 30. The van der Waals surface area contributed by atoms with Gasteiger partial charge in [-0.25, -0.2) is 4.57 Å². The maximum Gasteiger partial charge on any atom is 0.469 e. The van der Waals surface area contributed by atoms with E-state index in [9.17, 15) is 14.2 Å². The van der Waals surface area contributed by atoms with Crippen LogP contribution in [0.4, 0.5) is 0 Å². The SMILES string of the molecule is CCCCCCCC(=O)O[C@H](COC(=O)CCCCCCCCCCCCCCCCCC(C)C)COP(=O)(O)O. The van der Waals surface area contributed by atoms with E-state index >= 15 is 0 Å². The Morgan fingerprint density at radius 3 is 1.46 bits per heavy atom. The van der Waals surface area contributed by atoms with Crippen LogP contribution < -0.4 is 0 Å².